The fourth-order valence-corrected chi connectivity index (χ4v) is 2.44. The Kier molecular flexibility index (Phi) is 4.35. The monoisotopic (exact) mass is 332 g/mol. The Labute approximate surface area is 127 Å². The molecule has 0 amide bonds. The van der Waals surface area contributed by atoms with E-state index in [1.807, 2.05) is 44.0 Å². The summed E-state index contributed by atoms with van der Waals surface area (Å²) < 4.78 is 2.88. The third-order valence-corrected chi connectivity index (χ3v) is 3.59. The van der Waals surface area contributed by atoms with Crippen molar-refractivity contribution in [3.8, 4) is 6.07 Å². The van der Waals surface area contributed by atoms with Crippen LogP contribution in [0.4, 0.5) is 11.4 Å². The van der Waals surface area contributed by atoms with Crippen LogP contribution in [0.1, 0.15) is 11.3 Å². The molecular formula is C15H17BrN4. The Morgan fingerprint density at radius 2 is 2.10 bits per heavy atom. The van der Waals surface area contributed by atoms with Gasteiger partial charge in [-0.3, -0.25) is 0 Å². The van der Waals surface area contributed by atoms with Crippen LogP contribution in [-0.2, 0) is 13.6 Å². The van der Waals surface area contributed by atoms with Crippen LogP contribution in [0.15, 0.2) is 34.9 Å². The van der Waals surface area contributed by atoms with Gasteiger partial charge in [0.15, 0.2) is 0 Å². The molecule has 0 unspecified atom stereocenters. The zero-order chi connectivity index (χ0) is 14.7. The number of nitriles is 1. The number of nitrogens with zero attached hydrogens (tertiary/aromatic N) is 3. The van der Waals surface area contributed by atoms with Gasteiger partial charge in [0.25, 0.3) is 0 Å². The average Bonchev–Trinajstić information content (AvgIpc) is 2.76. The molecule has 4 nitrogen and oxygen atoms in total. The second-order valence-corrected chi connectivity index (χ2v) is 5.78. The molecule has 0 fully saturated rings. The summed E-state index contributed by atoms with van der Waals surface area (Å²) in [6.07, 6.45) is 1.97. The highest BCUT2D eigenvalue weighted by atomic mass is 79.9. The van der Waals surface area contributed by atoms with Crippen LogP contribution >= 0.6 is 15.9 Å². The third kappa shape index (κ3) is 3.14. The lowest BCUT2D eigenvalue weighted by Crippen LogP contribution is -2.12. The minimum Gasteiger partial charge on any atom is -0.379 e. The van der Waals surface area contributed by atoms with Gasteiger partial charge in [-0.15, -0.1) is 0 Å². The van der Waals surface area contributed by atoms with Gasteiger partial charge in [-0.25, -0.2) is 0 Å². The number of rotatable bonds is 4. The van der Waals surface area contributed by atoms with Gasteiger partial charge in [0.2, 0.25) is 0 Å². The van der Waals surface area contributed by atoms with Gasteiger partial charge < -0.3 is 14.8 Å². The summed E-state index contributed by atoms with van der Waals surface area (Å²) in [5.74, 6) is 0. The van der Waals surface area contributed by atoms with Crippen molar-refractivity contribution in [2.24, 2.45) is 7.05 Å². The molecule has 0 aliphatic carbocycles. The maximum Gasteiger partial charge on any atom is 0.120 e. The highest BCUT2D eigenvalue weighted by molar-refractivity contribution is 9.10. The fraction of sp³-hybridized carbons (Fsp3) is 0.267. The van der Waals surface area contributed by atoms with Crippen molar-refractivity contribution in [2.75, 3.05) is 24.3 Å². The maximum absolute atomic E-state index is 8.97. The van der Waals surface area contributed by atoms with E-state index >= 15 is 0 Å². The molecule has 0 saturated carbocycles. The molecule has 1 N–H and O–H groups in total. The molecule has 0 radical (unpaired) electrons. The van der Waals surface area contributed by atoms with E-state index in [0.29, 0.717) is 12.2 Å². The minimum atomic E-state index is 0.670. The van der Waals surface area contributed by atoms with Crippen molar-refractivity contribution in [1.82, 2.24) is 4.57 Å². The highest BCUT2D eigenvalue weighted by Crippen LogP contribution is 2.28. The maximum atomic E-state index is 8.97. The number of hydrogen-bond acceptors (Lipinski definition) is 3. The van der Waals surface area contributed by atoms with Crippen LogP contribution in [0.25, 0.3) is 0 Å². The topological polar surface area (TPSA) is 44.0 Å². The van der Waals surface area contributed by atoms with Gasteiger partial charge in [-0.2, -0.15) is 5.26 Å². The summed E-state index contributed by atoms with van der Waals surface area (Å²) in [6.45, 7) is 0.687. The average molecular weight is 333 g/mol. The molecule has 0 saturated heterocycles. The van der Waals surface area contributed by atoms with Crippen molar-refractivity contribution in [2.45, 2.75) is 6.54 Å². The molecule has 1 heterocycles. The van der Waals surface area contributed by atoms with Crippen LogP contribution in [0.5, 0.6) is 0 Å². The second kappa shape index (κ2) is 6.02. The van der Waals surface area contributed by atoms with Gasteiger partial charge in [0, 0.05) is 38.4 Å². The first-order chi connectivity index (χ1) is 9.51. The minimum absolute atomic E-state index is 0.670. The first-order valence-corrected chi connectivity index (χ1v) is 7.06. The molecule has 1 aromatic carbocycles. The van der Waals surface area contributed by atoms with Crippen molar-refractivity contribution in [3.05, 3.63) is 46.2 Å². The molecule has 2 rings (SSSR count). The van der Waals surface area contributed by atoms with Gasteiger partial charge in [0.05, 0.1) is 11.4 Å². The second-order valence-electron chi connectivity index (χ2n) is 4.87. The lowest BCUT2D eigenvalue weighted by atomic mass is 10.2. The lowest BCUT2D eigenvalue weighted by Gasteiger charge is -2.18. The normalized spacial score (nSPS) is 10.2. The highest BCUT2D eigenvalue weighted by Gasteiger charge is 2.07. The molecule has 0 bridgehead atoms. The van der Waals surface area contributed by atoms with Crippen LogP contribution in [0.3, 0.4) is 0 Å². The SMILES string of the molecule is CN(C)c1ccc(Br)cc1NCc1cc(C#N)n(C)c1. The fourth-order valence-electron chi connectivity index (χ4n) is 2.08. The lowest BCUT2D eigenvalue weighted by molar-refractivity contribution is 0.902. The number of anilines is 2. The van der Waals surface area contributed by atoms with Crippen LogP contribution in [0.2, 0.25) is 0 Å². The molecule has 20 heavy (non-hydrogen) atoms. The molecule has 2 aromatic rings. The number of benzene rings is 1. The van der Waals surface area contributed by atoms with Gasteiger partial charge in [-0.1, -0.05) is 15.9 Å². The van der Waals surface area contributed by atoms with E-state index in [1.165, 1.54) is 0 Å². The van der Waals surface area contributed by atoms with E-state index in [-0.39, 0.29) is 0 Å². The van der Waals surface area contributed by atoms with Crippen molar-refractivity contribution in [3.63, 3.8) is 0 Å². The van der Waals surface area contributed by atoms with Crippen LogP contribution < -0.4 is 10.2 Å². The summed E-state index contributed by atoms with van der Waals surface area (Å²) >= 11 is 3.49. The zero-order valence-electron chi connectivity index (χ0n) is 11.8. The molecule has 0 atom stereocenters. The predicted octanol–water partition coefficient (Wildman–Crippen LogP) is 3.34. The molecule has 0 spiro atoms. The van der Waals surface area contributed by atoms with Crippen LogP contribution in [0, 0.1) is 11.3 Å². The molecule has 1 aromatic heterocycles. The number of halogens is 1. The van der Waals surface area contributed by atoms with Gasteiger partial charge in [0.1, 0.15) is 11.8 Å². The standard InChI is InChI=1S/C15H17BrN4/c1-19(2)15-5-4-12(16)7-14(15)18-9-11-6-13(8-17)20(3)10-11/h4-7,10,18H,9H2,1-3H3. The van der Waals surface area contributed by atoms with Crippen molar-refractivity contribution < 1.29 is 0 Å². The molecular weight excluding hydrogens is 316 g/mol. The quantitative estimate of drug-likeness (QED) is 0.933. The Balaban J connectivity index is 2.18. The van der Waals surface area contributed by atoms with E-state index in [4.69, 9.17) is 5.26 Å². The summed E-state index contributed by atoms with van der Waals surface area (Å²) in [5, 5.41) is 12.4. The number of aromatic nitrogens is 1. The smallest absolute Gasteiger partial charge is 0.120 e. The molecule has 0 aliphatic heterocycles. The van der Waals surface area contributed by atoms with E-state index in [9.17, 15) is 0 Å². The Bertz CT molecular complexity index is 652. The van der Waals surface area contributed by atoms with Crippen LogP contribution in [-0.4, -0.2) is 18.7 Å². The van der Waals surface area contributed by atoms with E-state index in [1.54, 1.807) is 0 Å². The third-order valence-electron chi connectivity index (χ3n) is 3.10. The molecule has 0 aliphatic rings. The number of nitrogens with one attached hydrogen (secondary N) is 1. The molecule has 104 valence electrons. The number of aryl methyl sites for hydroxylation is 1. The predicted molar refractivity (Wildman–Crippen MR) is 85.9 cm³/mol. The first-order valence-electron chi connectivity index (χ1n) is 6.27. The first kappa shape index (κ1) is 14.5. The van der Waals surface area contributed by atoms with E-state index < -0.39 is 0 Å². The Morgan fingerprint density at radius 3 is 2.70 bits per heavy atom. The Hall–Kier alpha value is -1.93. The van der Waals surface area contributed by atoms with Gasteiger partial charge in [-0.05, 0) is 29.8 Å². The summed E-state index contributed by atoms with van der Waals surface area (Å²) in [7, 11) is 5.92. The van der Waals surface area contributed by atoms with Crippen molar-refractivity contribution in [1.29, 1.82) is 5.26 Å². The summed E-state index contributed by atoms with van der Waals surface area (Å²) in [4.78, 5) is 2.07. The van der Waals surface area contributed by atoms with Gasteiger partial charge >= 0.3 is 0 Å². The van der Waals surface area contributed by atoms with E-state index in [0.717, 1.165) is 21.4 Å². The van der Waals surface area contributed by atoms with E-state index in [2.05, 4.69) is 44.3 Å². The summed E-state index contributed by atoms with van der Waals surface area (Å²) in [5.41, 5.74) is 3.95. The number of hydrogen-bond donors (Lipinski definition) is 1. The van der Waals surface area contributed by atoms with Crippen molar-refractivity contribution >= 4 is 27.3 Å². The Morgan fingerprint density at radius 1 is 1.35 bits per heavy atom. The largest absolute Gasteiger partial charge is 0.379 e. The molecule has 5 heteroatoms. The zero-order valence-corrected chi connectivity index (χ0v) is 13.4. The summed E-state index contributed by atoms with van der Waals surface area (Å²) in [6, 6.07) is 10.2.